The number of aryl methyl sites for hydroxylation is 1. The predicted molar refractivity (Wildman–Crippen MR) is 86.7 cm³/mol. The van der Waals surface area contributed by atoms with Gasteiger partial charge in [0.25, 0.3) is 0 Å². The molecule has 0 saturated heterocycles. The van der Waals surface area contributed by atoms with Gasteiger partial charge in [-0.1, -0.05) is 26.0 Å². The van der Waals surface area contributed by atoms with E-state index < -0.39 is 0 Å². The van der Waals surface area contributed by atoms with Gasteiger partial charge in [0, 0.05) is 12.6 Å². The van der Waals surface area contributed by atoms with Crippen molar-refractivity contribution in [2.45, 2.75) is 51.6 Å². The maximum atomic E-state index is 4.16. The van der Waals surface area contributed by atoms with Crippen LogP contribution in [0.25, 0.3) is 0 Å². The van der Waals surface area contributed by atoms with Crippen molar-refractivity contribution in [2.24, 2.45) is 7.05 Å². The van der Waals surface area contributed by atoms with E-state index in [4.69, 9.17) is 0 Å². The topological polar surface area (TPSA) is 46.0 Å². The lowest BCUT2D eigenvalue weighted by Crippen LogP contribution is -2.53. The third kappa shape index (κ3) is 3.23. The van der Waals surface area contributed by atoms with Gasteiger partial charge in [-0.15, -0.1) is 5.10 Å². The van der Waals surface area contributed by atoms with E-state index in [0.29, 0.717) is 0 Å². The van der Waals surface area contributed by atoms with E-state index in [-0.39, 0.29) is 11.6 Å². The smallest absolute Gasteiger partial charge is 0.153 e. The lowest BCUT2D eigenvalue weighted by molar-refractivity contribution is 0.0841. The molecule has 6 heteroatoms. The lowest BCUT2D eigenvalue weighted by atomic mass is 9.81. The number of hydrogen-bond donors (Lipinski definition) is 1. The maximum Gasteiger partial charge on any atom is 0.153 e. The van der Waals surface area contributed by atoms with Crippen LogP contribution in [0.5, 0.6) is 0 Å². The van der Waals surface area contributed by atoms with Gasteiger partial charge in [-0.05, 0) is 55.8 Å². The van der Waals surface area contributed by atoms with Crippen LogP contribution >= 0.6 is 15.9 Å². The number of halogens is 1. The molecule has 0 spiro atoms. The Bertz CT molecular complexity index is 392. The molecule has 0 saturated carbocycles. The minimum Gasteiger partial charge on any atom is -0.307 e. The van der Waals surface area contributed by atoms with Crippen molar-refractivity contribution in [3.8, 4) is 0 Å². The van der Waals surface area contributed by atoms with E-state index >= 15 is 0 Å². The van der Waals surface area contributed by atoms with Gasteiger partial charge in [0.1, 0.15) is 0 Å². The molecule has 1 N–H and O–H groups in total. The molecule has 0 bridgehead atoms. The lowest BCUT2D eigenvalue weighted by Gasteiger charge is -2.45. The summed E-state index contributed by atoms with van der Waals surface area (Å²) in [5.74, 6) is 0. The van der Waals surface area contributed by atoms with E-state index in [9.17, 15) is 0 Å². The minimum absolute atomic E-state index is 0.0488. The van der Waals surface area contributed by atoms with Gasteiger partial charge in [0.2, 0.25) is 0 Å². The van der Waals surface area contributed by atoms with Gasteiger partial charge in [0.15, 0.2) is 4.60 Å². The summed E-state index contributed by atoms with van der Waals surface area (Å²) >= 11 is 3.56. The molecule has 1 atom stereocenters. The number of aromatic nitrogens is 3. The second kappa shape index (κ2) is 7.52. The molecule has 1 heterocycles. The van der Waals surface area contributed by atoms with Crippen LogP contribution in [-0.4, -0.2) is 46.1 Å². The maximum absolute atomic E-state index is 4.16. The first-order valence-electron chi connectivity index (χ1n) is 7.40. The quantitative estimate of drug-likeness (QED) is 0.786. The molecule has 0 radical (unpaired) electrons. The van der Waals surface area contributed by atoms with E-state index in [2.05, 4.69) is 71.3 Å². The summed E-state index contributed by atoms with van der Waals surface area (Å²) in [4.78, 5) is 2.33. The third-order valence-electron chi connectivity index (χ3n) is 4.35. The standard InChI is InChI=1S/C14H28BrN5/c1-7-10-16-12(11-13(15)17-18-20(11)6)14(8-2,9-3)19(4)5/h12,16H,7-10H2,1-6H3. The molecular weight excluding hydrogens is 318 g/mol. The van der Waals surface area contributed by atoms with Gasteiger partial charge in [-0.25, -0.2) is 4.68 Å². The summed E-state index contributed by atoms with van der Waals surface area (Å²) in [7, 11) is 6.27. The van der Waals surface area contributed by atoms with E-state index in [1.807, 2.05) is 11.7 Å². The average molecular weight is 346 g/mol. The second-order valence-corrected chi connectivity index (χ2v) is 6.23. The van der Waals surface area contributed by atoms with Gasteiger partial charge in [-0.2, -0.15) is 0 Å². The van der Waals surface area contributed by atoms with Crippen molar-refractivity contribution in [1.29, 1.82) is 0 Å². The molecule has 0 aromatic carbocycles. The summed E-state index contributed by atoms with van der Waals surface area (Å²) < 4.78 is 2.71. The van der Waals surface area contributed by atoms with E-state index in [1.165, 1.54) is 0 Å². The fraction of sp³-hybridized carbons (Fsp3) is 0.857. The first-order valence-corrected chi connectivity index (χ1v) is 8.19. The molecule has 5 nitrogen and oxygen atoms in total. The zero-order chi connectivity index (χ0) is 15.3. The van der Waals surface area contributed by atoms with Crippen LogP contribution in [-0.2, 0) is 7.05 Å². The Morgan fingerprint density at radius 3 is 2.25 bits per heavy atom. The van der Waals surface area contributed by atoms with Crippen LogP contribution < -0.4 is 5.32 Å². The zero-order valence-corrected chi connectivity index (χ0v) is 15.2. The molecule has 1 aromatic heterocycles. The molecule has 0 fully saturated rings. The van der Waals surface area contributed by atoms with Crippen molar-refractivity contribution >= 4 is 15.9 Å². The van der Waals surface area contributed by atoms with Crippen molar-refractivity contribution in [3.05, 3.63) is 10.3 Å². The van der Waals surface area contributed by atoms with Gasteiger partial charge >= 0.3 is 0 Å². The first-order chi connectivity index (χ1) is 9.44. The van der Waals surface area contributed by atoms with Gasteiger partial charge < -0.3 is 10.2 Å². The average Bonchev–Trinajstić information content (AvgIpc) is 2.74. The molecule has 0 aliphatic heterocycles. The van der Waals surface area contributed by atoms with Crippen LogP contribution in [0.3, 0.4) is 0 Å². The monoisotopic (exact) mass is 345 g/mol. The molecule has 0 amide bonds. The molecule has 1 rings (SSSR count). The summed E-state index contributed by atoms with van der Waals surface area (Å²) in [5, 5.41) is 12.0. The van der Waals surface area contributed by atoms with E-state index in [0.717, 1.165) is 36.1 Å². The summed E-state index contributed by atoms with van der Waals surface area (Å²) in [6.07, 6.45) is 3.24. The number of rotatable bonds is 8. The normalized spacial score (nSPS) is 14.0. The Balaban J connectivity index is 3.30. The van der Waals surface area contributed by atoms with Crippen LogP contribution in [0.4, 0.5) is 0 Å². The third-order valence-corrected chi connectivity index (χ3v) is 4.92. The summed E-state index contributed by atoms with van der Waals surface area (Å²) in [5.41, 5.74) is 1.17. The van der Waals surface area contributed by atoms with Crippen LogP contribution in [0.2, 0.25) is 0 Å². The second-order valence-electron chi connectivity index (χ2n) is 5.48. The molecular formula is C14H28BrN5. The summed E-state index contributed by atoms with van der Waals surface area (Å²) in [6, 6.07) is 0.196. The zero-order valence-electron chi connectivity index (χ0n) is 13.6. The van der Waals surface area contributed by atoms with Crippen LogP contribution in [0.1, 0.15) is 51.8 Å². The SMILES string of the molecule is CCCNC(c1c(Br)nnn1C)C(CC)(CC)N(C)C. The molecule has 0 aliphatic rings. The number of nitrogens with zero attached hydrogens (tertiary/aromatic N) is 4. The Kier molecular flexibility index (Phi) is 6.61. The predicted octanol–water partition coefficient (Wildman–Crippen LogP) is 2.74. The van der Waals surface area contributed by atoms with Crippen molar-refractivity contribution in [1.82, 2.24) is 25.2 Å². The Labute approximate surface area is 131 Å². The highest BCUT2D eigenvalue weighted by Crippen LogP contribution is 2.37. The number of likely N-dealkylation sites (N-methyl/N-ethyl adjacent to an activating group) is 1. The molecule has 1 aromatic rings. The van der Waals surface area contributed by atoms with Crippen molar-refractivity contribution < 1.29 is 0 Å². The largest absolute Gasteiger partial charge is 0.307 e. The highest BCUT2D eigenvalue weighted by Gasteiger charge is 2.41. The Morgan fingerprint density at radius 2 is 1.90 bits per heavy atom. The Hall–Kier alpha value is -0.460. The highest BCUT2D eigenvalue weighted by molar-refractivity contribution is 9.10. The molecule has 116 valence electrons. The molecule has 20 heavy (non-hydrogen) atoms. The first kappa shape index (κ1) is 17.6. The van der Waals surface area contributed by atoms with Crippen LogP contribution in [0.15, 0.2) is 4.60 Å². The van der Waals surface area contributed by atoms with Gasteiger partial charge in [-0.3, -0.25) is 0 Å². The van der Waals surface area contributed by atoms with E-state index in [1.54, 1.807) is 0 Å². The highest BCUT2D eigenvalue weighted by atomic mass is 79.9. The fourth-order valence-electron chi connectivity index (χ4n) is 3.02. The number of nitrogens with one attached hydrogen (secondary N) is 1. The number of hydrogen-bond acceptors (Lipinski definition) is 4. The Morgan fingerprint density at radius 1 is 1.30 bits per heavy atom. The summed E-state index contributed by atoms with van der Waals surface area (Å²) in [6.45, 7) is 7.68. The minimum atomic E-state index is 0.0488. The fourth-order valence-corrected chi connectivity index (χ4v) is 3.58. The van der Waals surface area contributed by atoms with Crippen molar-refractivity contribution in [2.75, 3.05) is 20.6 Å². The van der Waals surface area contributed by atoms with Gasteiger partial charge in [0.05, 0.1) is 11.7 Å². The van der Waals surface area contributed by atoms with Crippen LogP contribution in [0, 0.1) is 0 Å². The molecule has 1 unspecified atom stereocenters. The molecule has 0 aliphatic carbocycles. The van der Waals surface area contributed by atoms with Crippen molar-refractivity contribution in [3.63, 3.8) is 0 Å².